The molecule has 2 aliphatic heterocycles. The van der Waals surface area contributed by atoms with Gasteiger partial charge in [0.2, 0.25) is 11.8 Å². The molecule has 0 unspecified atom stereocenters. The third kappa shape index (κ3) is 4.79. The molecule has 1 aromatic heterocycles. The Kier molecular flexibility index (Phi) is 5.98. The van der Waals surface area contributed by atoms with Gasteiger partial charge in [0, 0.05) is 36.6 Å². The third-order valence-electron chi connectivity index (χ3n) is 5.26. The molecule has 3 heterocycles. The average molecular weight is 428 g/mol. The first-order chi connectivity index (χ1) is 14.5. The Morgan fingerprint density at radius 3 is 2.90 bits per heavy atom. The van der Waals surface area contributed by atoms with Crippen molar-refractivity contribution in [2.45, 2.75) is 44.4 Å². The van der Waals surface area contributed by atoms with Gasteiger partial charge in [-0.1, -0.05) is 0 Å². The average Bonchev–Trinajstić information content (AvgIpc) is 3.14. The van der Waals surface area contributed by atoms with Crippen LogP contribution in [-0.4, -0.2) is 53.1 Å². The Morgan fingerprint density at radius 1 is 1.30 bits per heavy atom. The standard InChI is InChI=1S/C21H25N5O3S/c1-12-7-15(24-21(30)23-12)10-19(27)22-11-16-9-14-8-13(3-5-18(14)29-16)17-4-6-20(28-2)26-25-17/h3-6,8,12,15-16H,7,9-11H2,1-2H3,(H,22,27)(H2,23,24,30)/t12-,15+,16+/m1/s1. The lowest BCUT2D eigenvalue weighted by Crippen LogP contribution is -2.54. The van der Waals surface area contributed by atoms with E-state index < -0.39 is 0 Å². The second kappa shape index (κ2) is 8.83. The molecule has 4 rings (SSSR count). The van der Waals surface area contributed by atoms with Crippen LogP contribution < -0.4 is 25.4 Å². The molecule has 1 aromatic carbocycles. The fraction of sp³-hybridized carbons (Fsp3) is 0.429. The largest absolute Gasteiger partial charge is 0.488 e. The summed E-state index contributed by atoms with van der Waals surface area (Å²) in [6.45, 7) is 2.53. The smallest absolute Gasteiger partial charge is 0.233 e. The number of thiocarbonyl (C=S) groups is 1. The number of hydrogen-bond donors (Lipinski definition) is 3. The zero-order valence-corrected chi connectivity index (χ0v) is 17.8. The Balaban J connectivity index is 1.30. The summed E-state index contributed by atoms with van der Waals surface area (Å²) < 4.78 is 11.0. The van der Waals surface area contributed by atoms with Gasteiger partial charge in [0.1, 0.15) is 11.9 Å². The van der Waals surface area contributed by atoms with E-state index in [1.165, 1.54) is 0 Å². The lowest BCUT2D eigenvalue weighted by Gasteiger charge is -2.30. The Morgan fingerprint density at radius 2 is 2.17 bits per heavy atom. The van der Waals surface area contributed by atoms with Gasteiger partial charge in [0.25, 0.3) is 0 Å². The fourth-order valence-corrected chi connectivity index (χ4v) is 4.20. The molecule has 3 N–H and O–H groups in total. The zero-order valence-electron chi connectivity index (χ0n) is 17.0. The van der Waals surface area contributed by atoms with E-state index in [0.717, 1.165) is 35.4 Å². The third-order valence-corrected chi connectivity index (χ3v) is 5.49. The van der Waals surface area contributed by atoms with Gasteiger partial charge < -0.3 is 25.4 Å². The minimum Gasteiger partial charge on any atom is -0.488 e. The van der Waals surface area contributed by atoms with Gasteiger partial charge >= 0.3 is 0 Å². The first-order valence-electron chi connectivity index (χ1n) is 10.0. The molecule has 0 radical (unpaired) electrons. The number of amides is 1. The molecule has 0 saturated carbocycles. The number of rotatable bonds is 6. The van der Waals surface area contributed by atoms with Gasteiger partial charge in [-0.2, -0.15) is 0 Å². The van der Waals surface area contributed by atoms with E-state index in [0.29, 0.717) is 24.0 Å². The molecule has 2 aromatic rings. The van der Waals surface area contributed by atoms with E-state index in [4.69, 9.17) is 21.7 Å². The molecule has 1 fully saturated rings. The monoisotopic (exact) mass is 427 g/mol. The second-order valence-corrected chi connectivity index (χ2v) is 8.10. The highest BCUT2D eigenvalue weighted by Crippen LogP contribution is 2.32. The van der Waals surface area contributed by atoms with Crippen LogP contribution in [-0.2, 0) is 11.2 Å². The molecule has 30 heavy (non-hydrogen) atoms. The number of methoxy groups -OCH3 is 1. The number of fused-ring (bicyclic) bond motifs is 1. The van der Waals surface area contributed by atoms with Crippen molar-refractivity contribution in [1.29, 1.82) is 0 Å². The van der Waals surface area contributed by atoms with Crippen LogP contribution in [0.2, 0.25) is 0 Å². The van der Waals surface area contributed by atoms with Gasteiger partial charge in [-0.3, -0.25) is 4.79 Å². The van der Waals surface area contributed by atoms with Crippen molar-refractivity contribution in [2.75, 3.05) is 13.7 Å². The predicted molar refractivity (Wildman–Crippen MR) is 117 cm³/mol. The highest BCUT2D eigenvalue weighted by atomic mass is 32.1. The summed E-state index contributed by atoms with van der Waals surface area (Å²) in [5.41, 5.74) is 2.85. The van der Waals surface area contributed by atoms with Crippen molar-refractivity contribution >= 4 is 23.2 Å². The second-order valence-electron chi connectivity index (χ2n) is 7.69. The maximum absolute atomic E-state index is 12.3. The van der Waals surface area contributed by atoms with Crippen LogP contribution in [0, 0.1) is 0 Å². The first-order valence-corrected chi connectivity index (χ1v) is 10.4. The van der Waals surface area contributed by atoms with Crippen molar-refractivity contribution in [2.24, 2.45) is 0 Å². The highest BCUT2D eigenvalue weighted by Gasteiger charge is 2.26. The number of benzene rings is 1. The molecule has 0 spiro atoms. The van der Waals surface area contributed by atoms with Crippen molar-refractivity contribution in [1.82, 2.24) is 26.1 Å². The lowest BCUT2D eigenvalue weighted by molar-refractivity contribution is -0.121. The summed E-state index contributed by atoms with van der Waals surface area (Å²) >= 11 is 5.17. The van der Waals surface area contributed by atoms with Gasteiger partial charge in [-0.15, -0.1) is 10.2 Å². The maximum Gasteiger partial charge on any atom is 0.233 e. The van der Waals surface area contributed by atoms with Gasteiger partial charge in [0.05, 0.1) is 19.3 Å². The van der Waals surface area contributed by atoms with Crippen LogP contribution in [0.25, 0.3) is 11.3 Å². The van der Waals surface area contributed by atoms with Crippen LogP contribution in [0.4, 0.5) is 0 Å². The fourth-order valence-electron chi connectivity index (χ4n) is 3.83. The number of nitrogens with zero attached hydrogens (tertiary/aromatic N) is 2. The Hall–Kier alpha value is -2.94. The van der Waals surface area contributed by atoms with Crippen molar-refractivity contribution in [3.63, 3.8) is 0 Å². The molecule has 0 bridgehead atoms. The Labute approximate surface area is 180 Å². The van der Waals surface area contributed by atoms with Crippen molar-refractivity contribution in [3.8, 4) is 22.9 Å². The summed E-state index contributed by atoms with van der Waals surface area (Å²) in [4.78, 5) is 12.3. The number of nitrogens with one attached hydrogen (secondary N) is 3. The van der Waals surface area contributed by atoms with E-state index in [2.05, 4.69) is 39.1 Å². The van der Waals surface area contributed by atoms with Gasteiger partial charge in [0.15, 0.2) is 5.11 Å². The maximum atomic E-state index is 12.3. The number of ether oxygens (including phenoxy) is 2. The molecule has 1 amide bonds. The summed E-state index contributed by atoms with van der Waals surface area (Å²) in [6.07, 6.45) is 1.91. The molecule has 2 aliphatic rings. The summed E-state index contributed by atoms with van der Waals surface area (Å²) in [7, 11) is 1.56. The quantitative estimate of drug-likeness (QED) is 0.598. The van der Waals surface area contributed by atoms with Crippen LogP contribution >= 0.6 is 12.2 Å². The van der Waals surface area contributed by atoms with Gasteiger partial charge in [-0.05, 0) is 55.4 Å². The number of aromatic nitrogens is 2. The SMILES string of the molecule is COc1ccc(-c2ccc3c(c2)C[C@@H](CNC(=O)C[C@@H]2C[C@@H](C)NC(=S)N2)O3)nn1. The van der Waals surface area contributed by atoms with Crippen LogP contribution in [0.15, 0.2) is 30.3 Å². The lowest BCUT2D eigenvalue weighted by atomic mass is 10.0. The van der Waals surface area contributed by atoms with E-state index in [-0.39, 0.29) is 24.1 Å². The van der Waals surface area contributed by atoms with Crippen molar-refractivity contribution < 1.29 is 14.3 Å². The molecule has 9 heteroatoms. The zero-order chi connectivity index (χ0) is 21.1. The van der Waals surface area contributed by atoms with E-state index >= 15 is 0 Å². The molecule has 0 aliphatic carbocycles. The minimum atomic E-state index is -0.0814. The summed E-state index contributed by atoms with van der Waals surface area (Å²) in [6, 6.07) is 9.97. The van der Waals surface area contributed by atoms with Crippen LogP contribution in [0.5, 0.6) is 11.6 Å². The summed E-state index contributed by atoms with van der Waals surface area (Å²) in [5.74, 6) is 1.33. The first kappa shape index (κ1) is 20.3. The topological polar surface area (TPSA) is 97.4 Å². The van der Waals surface area contributed by atoms with Crippen LogP contribution in [0.1, 0.15) is 25.3 Å². The van der Waals surface area contributed by atoms with Crippen molar-refractivity contribution in [3.05, 3.63) is 35.9 Å². The number of carbonyl (C=O) groups is 1. The molecule has 8 nitrogen and oxygen atoms in total. The predicted octanol–water partition coefficient (Wildman–Crippen LogP) is 1.59. The van der Waals surface area contributed by atoms with E-state index in [1.54, 1.807) is 13.2 Å². The number of carbonyl (C=O) groups excluding carboxylic acids is 1. The molecular weight excluding hydrogens is 402 g/mol. The molecule has 1 saturated heterocycles. The van der Waals surface area contributed by atoms with Crippen LogP contribution in [0.3, 0.4) is 0 Å². The highest BCUT2D eigenvalue weighted by molar-refractivity contribution is 7.80. The van der Waals surface area contributed by atoms with Gasteiger partial charge in [-0.25, -0.2) is 0 Å². The van der Waals surface area contributed by atoms with E-state index in [1.807, 2.05) is 18.2 Å². The normalized spacial score (nSPS) is 22.3. The van der Waals surface area contributed by atoms with E-state index in [9.17, 15) is 4.79 Å². The molecule has 3 atom stereocenters. The minimum absolute atomic E-state index is 0.00171. The summed E-state index contributed by atoms with van der Waals surface area (Å²) in [5, 5.41) is 18.1. The molecular formula is C21H25N5O3S. The Bertz CT molecular complexity index is 937. The molecule has 158 valence electrons. The number of hydrogen-bond acceptors (Lipinski definition) is 6.